The summed E-state index contributed by atoms with van der Waals surface area (Å²) in [5.74, 6) is 0.233. The molecule has 1 heterocycles. The number of thioether (sulfide) groups is 1. The molecule has 1 aliphatic carbocycles. The number of nitrogens with one attached hydrogen (secondary N) is 1. The van der Waals surface area contributed by atoms with Gasteiger partial charge in [-0.2, -0.15) is 0 Å². The van der Waals surface area contributed by atoms with Crippen LogP contribution in [0, 0.1) is 5.92 Å². The third kappa shape index (κ3) is 3.64. The van der Waals surface area contributed by atoms with Gasteiger partial charge >= 0.3 is 6.09 Å². The highest BCUT2D eigenvalue weighted by atomic mass is 32.2. The molecule has 22 heavy (non-hydrogen) atoms. The van der Waals surface area contributed by atoms with E-state index >= 15 is 0 Å². The van der Waals surface area contributed by atoms with Gasteiger partial charge in [0.2, 0.25) is 0 Å². The van der Waals surface area contributed by atoms with E-state index in [9.17, 15) is 4.79 Å². The van der Waals surface area contributed by atoms with Gasteiger partial charge in [0.15, 0.2) is 0 Å². The molecule has 2 aliphatic rings. The maximum atomic E-state index is 10.9. The second kappa shape index (κ2) is 6.86. The fourth-order valence-electron chi connectivity index (χ4n) is 3.01. The Bertz CT molecular complexity index is 501. The minimum atomic E-state index is -1.01. The van der Waals surface area contributed by atoms with E-state index in [4.69, 9.17) is 9.84 Å². The van der Waals surface area contributed by atoms with Crippen LogP contribution in [0.15, 0.2) is 23.4 Å². The quantitative estimate of drug-likeness (QED) is 0.466. The van der Waals surface area contributed by atoms with E-state index < -0.39 is 6.09 Å². The van der Waals surface area contributed by atoms with Crippen molar-refractivity contribution >= 4 is 29.8 Å². The highest BCUT2D eigenvalue weighted by Crippen LogP contribution is 2.53. The zero-order valence-corrected chi connectivity index (χ0v) is 15.2. The van der Waals surface area contributed by atoms with E-state index in [1.54, 1.807) is 0 Å². The van der Waals surface area contributed by atoms with Gasteiger partial charge in [0, 0.05) is 11.6 Å². The monoisotopic (exact) mass is 345 g/mol. The number of quaternary nitrogens is 1. The van der Waals surface area contributed by atoms with Crippen LogP contribution in [-0.4, -0.2) is 58.8 Å². The lowest BCUT2D eigenvalue weighted by molar-refractivity contribution is -0.785. The molecular formula is C15H25N2O3S2+. The molecular weight excluding hydrogens is 320 g/mol. The first-order valence-corrected chi connectivity index (χ1v) is 9.40. The van der Waals surface area contributed by atoms with Crippen LogP contribution in [-0.2, 0) is 4.74 Å². The summed E-state index contributed by atoms with van der Waals surface area (Å²) in [7, 11) is 2.26. The number of hydrogen-bond acceptors (Lipinski definition) is 4. The summed E-state index contributed by atoms with van der Waals surface area (Å²) in [5.41, 5.74) is 1.88. The number of carbonyl (C=O) groups is 1. The van der Waals surface area contributed by atoms with Crippen LogP contribution in [0.4, 0.5) is 4.79 Å². The lowest BCUT2D eigenvalue weighted by Crippen LogP contribution is -2.51. The van der Waals surface area contributed by atoms with Crippen molar-refractivity contribution in [3.63, 3.8) is 0 Å². The Labute approximate surface area is 140 Å². The Morgan fingerprint density at radius 1 is 1.50 bits per heavy atom. The van der Waals surface area contributed by atoms with Gasteiger partial charge in [0.1, 0.15) is 17.2 Å². The van der Waals surface area contributed by atoms with Crippen LogP contribution >= 0.6 is 23.7 Å². The second-order valence-corrected chi connectivity index (χ2v) is 9.01. The number of nitrogens with zero attached hydrogens (tertiary/aromatic N) is 1. The largest absolute Gasteiger partial charge is 0.465 e. The van der Waals surface area contributed by atoms with Crippen molar-refractivity contribution in [1.82, 2.24) is 5.32 Å². The number of amides is 1. The van der Waals surface area contributed by atoms with Crippen molar-refractivity contribution in [3.8, 4) is 0 Å². The van der Waals surface area contributed by atoms with Crippen molar-refractivity contribution in [2.24, 2.45) is 5.92 Å². The maximum Gasteiger partial charge on any atom is 0.409 e. The van der Waals surface area contributed by atoms with Gasteiger partial charge in [0.05, 0.1) is 32.2 Å². The summed E-state index contributed by atoms with van der Waals surface area (Å²) >= 11 is 3.80. The molecule has 1 saturated heterocycles. The van der Waals surface area contributed by atoms with Gasteiger partial charge in [-0.15, -0.1) is 11.8 Å². The minimum absolute atomic E-state index is 0.0736. The van der Waals surface area contributed by atoms with Gasteiger partial charge in [0.25, 0.3) is 0 Å². The number of rotatable bonds is 4. The van der Waals surface area contributed by atoms with Gasteiger partial charge < -0.3 is 9.84 Å². The van der Waals surface area contributed by atoms with Crippen LogP contribution < -0.4 is 5.32 Å². The normalized spacial score (nSPS) is 31.2. The highest BCUT2D eigenvalue weighted by molar-refractivity contribution is 8.16. The van der Waals surface area contributed by atoms with Crippen LogP contribution in [0.1, 0.15) is 13.8 Å². The van der Waals surface area contributed by atoms with Crippen molar-refractivity contribution in [2.45, 2.75) is 17.9 Å². The van der Waals surface area contributed by atoms with Gasteiger partial charge in [-0.3, -0.25) is 9.21 Å². The Hall–Kier alpha value is -0.630. The SMILES string of the molecule is CSC1(S[N+]2(C)CCOCC2)C(C)=CC(NC(=O)O)=CC1C. The van der Waals surface area contributed by atoms with Crippen LogP contribution in [0.25, 0.3) is 0 Å². The van der Waals surface area contributed by atoms with Gasteiger partial charge in [-0.05, 0) is 24.8 Å². The molecule has 0 radical (unpaired) electrons. The van der Waals surface area contributed by atoms with E-state index in [-0.39, 0.29) is 10.00 Å². The molecule has 0 spiro atoms. The summed E-state index contributed by atoms with van der Waals surface area (Å²) < 4.78 is 6.35. The molecule has 0 bridgehead atoms. The highest BCUT2D eigenvalue weighted by Gasteiger charge is 2.48. The summed E-state index contributed by atoms with van der Waals surface area (Å²) in [6.07, 6.45) is 5.11. The van der Waals surface area contributed by atoms with E-state index in [0.29, 0.717) is 5.70 Å². The van der Waals surface area contributed by atoms with Gasteiger partial charge in [-0.1, -0.05) is 13.0 Å². The fourth-order valence-corrected chi connectivity index (χ4v) is 6.09. The number of morpholine rings is 1. The number of carboxylic acid groups (broad SMARTS) is 1. The summed E-state index contributed by atoms with van der Waals surface area (Å²) in [5, 5.41) is 11.4. The zero-order valence-electron chi connectivity index (χ0n) is 13.6. The average Bonchev–Trinajstić information content (AvgIpc) is 2.43. The molecule has 1 aliphatic heterocycles. The first-order valence-electron chi connectivity index (χ1n) is 7.40. The predicted molar refractivity (Wildman–Crippen MR) is 92.7 cm³/mol. The maximum absolute atomic E-state index is 10.9. The standard InChI is InChI=1S/C15H24N2O3S2/c1-11-9-13(16-14(18)19)10-12(2)15(11,21-4)22-17(3)5-7-20-8-6-17/h9-11,16H,5-8H2,1-4H3/p+1. The molecule has 2 atom stereocenters. The van der Waals surface area contributed by atoms with Crippen molar-refractivity contribution in [2.75, 3.05) is 39.6 Å². The van der Waals surface area contributed by atoms with Crippen molar-refractivity contribution < 1.29 is 18.5 Å². The Balaban J connectivity index is 2.24. The number of likely N-dealkylation sites (N-methyl/N-ethyl adjacent to an activating group) is 1. The lowest BCUT2D eigenvalue weighted by Gasteiger charge is -2.45. The first kappa shape index (κ1) is 17.7. The average molecular weight is 346 g/mol. The molecule has 2 N–H and O–H groups in total. The molecule has 7 heteroatoms. The molecule has 2 unspecified atom stereocenters. The third-order valence-corrected chi connectivity index (χ3v) is 8.07. The molecule has 124 valence electrons. The van der Waals surface area contributed by atoms with Gasteiger partial charge in [-0.25, -0.2) is 4.79 Å². The van der Waals surface area contributed by atoms with E-state index in [1.807, 2.05) is 35.9 Å². The molecule has 2 rings (SSSR count). The summed E-state index contributed by atoms with van der Waals surface area (Å²) in [6.45, 7) is 7.85. The fraction of sp³-hybridized carbons (Fsp3) is 0.667. The number of allylic oxidation sites excluding steroid dienone is 2. The smallest absolute Gasteiger partial charge is 0.409 e. The van der Waals surface area contributed by atoms with Crippen molar-refractivity contribution in [1.29, 1.82) is 0 Å². The summed E-state index contributed by atoms with van der Waals surface area (Å²) in [6, 6.07) is 0. The molecule has 5 nitrogen and oxygen atoms in total. The molecule has 1 amide bonds. The third-order valence-electron chi connectivity index (χ3n) is 4.28. The Kier molecular flexibility index (Phi) is 5.53. The number of ether oxygens (including phenoxy) is 1. The topological polar surface area (TPSA) is 58.6 Å². The molecule has 0 saturated carbocycles. The Morgan fingerprint density at radius 3 is 2.64 bits per heavy atom. The molecule has 0 aromatic heterocycles. The predicted octanol–water partition coefficient (Wildman–Crippen LogP) is 2.92. The lowest BCUT2D eigenvalue weighted by atomic mass is 9.93. The van der Waals surface area contributed by atoms with E-state index in [2.05, 4.69) is 32.5 Å². The van der Waals surface area contributed by atoms with E-state index in [1.165, 1.54) is 5.57 Å². The van der Waals surface area contributed by atoms with Crippen molar-refractivity contribution in [3.05, 3.63) is 23.4 Å². The minimum Gasteiger partial charge on any atom is -0.465 e. The van der Waals surface area contributed by atoms with Crippen LogP contribution in [0.5, 0.6) is 0 Å². The zero-order chi connectivity index (χ0) is 16.4. The van der Waals surface area contributed by atoms with Crippen LogP contribution in [0.2, 0.25) is 0 Å². The summed E-state index contributed by atoms with van der Waals surface area (Å²) in [4.78, 5) is 10.9. The molecule has 0 aromatic carbocycles. The number of hydrogen-bond donors (Lipinski definition) is 2. The van der Waals surface area contributed by atoms with E-state index in [0.717, 1.165) is 30.2 Å². The molecule has 0 aromatic rings. The second-order valence-electron chi connectivity index (χ2n) is 5.99. The first-order chi connectivity index (χ1) is 10.3. The molecule has 1 fully saturated rings. The van der Waals surface area contributed by atoms with Crippen LogP contribution in [0.3, 0.4) is 0 Å². The Morgan fingerprint density at radius 2 is 2.14 bits per heavy atom.